The van der Waals surface area contributed by atoms with Crippen LogP contribution in [-0.2, 0) is 13.1 Å². The smallest absolute Gasteiger partial charge is 0.191 e. The summed E-state index contributed by atoms with van der Waals surface area (Å²) in [4.78, 5) is 8.60. The van der Waals surface area contributed by atoms with Crippen LogP contribution in [0.15, 0.2) is 41.5 Å². The highest BCUT2D eigenvalue weighted by atomic mass is 127. The second-order valence-corrected chi connectivity index (χ2v) is 5.52. The van der Waals surface area contributed by atoms with Gasteiger partial charge in [0.05, 0.1) is 25.4 Å². The van der Waals surface area contributed by atoms with E-state index in [1.165, 1.54) is 6.07 Å². The molecule has 2 rings (SSSR count). The Morgan fingerprint density at radius 1 is 1.23 bits per heavy atom. The average molecular weight is 472 g/mol. The van der Waals surface area contributed by atoms with E-state index in [0.717, 1.165) is 16.9 Å². The van der Waals surface area contributed by atoms with Gasteiger partial charge in [-0.15, -0.1) is 24.0 Å². The Kier molecular flexibility index (Phi) is 9.93. The van der Waals surface area contributed by atoms with Crippen LogP contribution in [0.4, 0.5) is 4.39 Å². The molecule has 0 saturated carbocycles. The van der Waals surface area contributed by atoms with Gasteiger partial charge in [0.25, 0.3) is 0 Å². The normalized spacial score (nSPS) is 10.8. The highest BCUT2D eigenvalue weighted by Gasteiger charge is 2.06. The van der Waals surface area contributed by atoms with Crippen LogP contribution in [0.5, 0.6) is 5.75 Å². The molecule has 0 aliphatic carbocycles. The molecular weight excluding hydrogens is 446 g/mol. The van der Waals surface area contributed by atoms with Crippen molar-refractivity contribution in [2.75, 3.05) is 13.2 Å². The van der Waals surface area contributed by atoms with Crippen molar-refractivity contribution in [3.05, 3.63) is 59.2 Å². The van der Waals surface area contributed by atoms with Crippen molar-refractivity contribution in [1.82, 2.24) is 15.6 Å². The summed E-state index contributed by atoms with van der Waals surface area (Å²) >= 11 is 0. The van der Waals surface area contributed by atoms with Gasteiger partial charge in [0.2, 0.25) is 0 Å². The number of halogens is 2. The number of pyridine rings is 1. The second kappa shape index (κ2) is 11.7. The number of aryl methyl sites for hydroxylation is 1. The van der Waals surface area contributed by atoms with Gasteiger partial charge in [0.15, 0.2) is 5.96 Å². The molecule has 0 amide bonds. The molecule has 0 saturated heterocycles. The Morgan fingerprint density at radius 3 is 2.73 bits per heavy atom. The number of ether oxygens (including phenoxy) is 1. The number of rotatable bonds is 7. The van der Waals surface area contributed by atoms with E-state index in [0.29, 0.717) is 31.3 Å². The molecule has 0 radical (unpaired) electrons. The lowest BCUT2D eigenvalue weighted by Gasteiger charge is -2.13. The molecule has 0 atom stereocenters. The molecule has 0 spiro atoms. The SMILES string of the molecule is CCNC(=NCc1ccc(C)cc1OCC)NCc1ncccc1F.I. The van der Waals surface area contributed by atoms with E-state index < -0.39 is 0 Å². The Bertz CT molecular complexity index is 724. The summed E-state index contributed by atoms with van der Waals surface area (Å²) in [6.07, 6.45) is 1.57. The highest BCUT2D eigenvalue weighted by molar-refractivity contribution is 14.0. The lowest BCUT2D eigenvalue weighted by atomic mass is 10.1. The number of hydrogen-bond acceptors (Lipinski definition) is 3. The van der Waals surface area contributed by atoms with Crippen LogP contribution in [0.3, 0.4) is 0 Å². The van der Waals surface area contributed by atoms with E-state index in [4.69, 9.17) is 4.74 Å². The maximum Gasteiger partial charge on any atom is 0.191 e. The number of nitrogens with one attached hydrogen (secondary N) is 2. The Hall–Kier alpha value is -1.90. The van der Waals surface area contributed by atoms with Crippen LogP contribution in [0.25, 0.3) is 0 Å². The third kappa shape index (κ3) is 6.78. The highest BCUT2D eigenvalue weighted by Crippen LogP contribution is 2.21. The van der Waals surface area contributed by atoms with Gasteiger partial charge in [-0.2, -0.15) is 0 Å². The van der Waals surface area contributed by atoms with Crippen LogP contribution >= 0.6 is 24.0 Å². The van der Waals surface area contributed by atoms with Crippen molar-refractivity contribution >= 4 is 29.9 Å². The topological polar surface area (TPSA) is 58.5 Å². The first-order chi connectivity index (χ1) is 12.1. The monoisotopic (exact) mass is 472 g/mol. The summed E-state index contributed by atoms with van der Waals surface area (Å²) in [5.41, 5.74) is 2.51. The molecule has 7 heteroatoms. The number of benzene rings is 1. The van der Waals surface area contributed by atoms with Gasteiger partial charge in [-0.3, -0.25) is 4.98 Å². The lowest BCUT2D eigenvalue weighted by Crippen LogP contribution is -2.37. The summed E-state index contributed by atoms with van der Waals surface area (Å²) in [6, 6.07) is 9.04. The van der Waals surface area contributed by atoms with Crippen LogP contribution in [-0.4, -0.2) is 24.1 Å². The quantitative estimate of drug-likeness (QED) is 0.366. The average Bonchev–Trinajstić information content (AvgIpc) is 2.60. The first-order valence-corrected chi connectivity index (χ1v) is 8.48. The molecule has 0 aliphatic rings. The summed E-state index contributed by atoms with van der Waals surface area (Å²) in [5.74, 6) is 1.12. The van der Waals surface area contributed by atoms with E-state index in [1.807, 2.05) is 39.0 Å². The van der Waals surface area contributed by atoms with Crippen molar-refractivity contribution in [2.24, 2.45) is 4.99 Å². The van der Waals surface area contributed by atoms with E-state index in [1.54, 1.807) is 12.3 Å². The first-order valence-electron chi connectivity index (χ1n) is 8.48. The third-order valence-corrected chi connectivity index (χ3v) is 3.53. The molecule has 0 aliphatic heterocycles. The van der Waals surface area contributed by atoms with Gasteiger partial charge in [0.1, 0.15) is 11.6 Å². The summed E-state index contributed by atoms with van der Waals surface area (Å²) in [7, 11) is 0. The van der Waals surface area contributed by atoms with E-state index in [-0.39, 0.29) is 36.3 Å². The fraction of sp³-hybridized carbons (Fsp3) is 0.368. The zero-order chi connectivity index (χ0) is 18.1. The van der Waals surface area contributed by atoms with E-state index in [9.17, 15) is 4.39 Å². The van der Waals surface area contributed by atoms with Gasteiger partial charge >= 0.3 is 0 Å². The van der Waals surface area contributed by atoms with Gasteiger partial charge in [0, 0.05) is 18.3 Å². The first kappa shape index (κ1) is 22.1. The zero-order valence-electron chi connectivity index (χ0n) is 15.4. The summed E-state index contributed by atoms with van der Waals surface area (Å²) in [5, 5.41) is 6.26. The van der Waals surface area contributed by atoms with Crippen molar-refractivity contribution in [3.63, 3.8) is 0 Å². The van der Waals surface area contributed by atoms with Gasteiger partial charge in [-0.25, -0.2) is 9.38 Å². The van der Waals surface area contributed by atoms with Crippen LogP contribution in [0.2, 0.25) is 0 Å². The molecule has 1 aromatic carbocycles. The molecule has 142 valence electrons. The predicted molar refractivity (Wildman–Crippen MR) is 114 cm³/mol. The minimum Gasteiger partial charge on any atom is -0.494 e. The third-order valence-electron chi connectivity index (χ3n) is 3.53. The molecular formula is C19H26FIN4O. The number of guanidine groups is 1. The zero-order valence-corrected chi connectivity index (χ0v) is 17.7. The van der Waals surface area contributed by atoms with Crippen LogP contribution < -0.4 is 15.4 Å². The minimum absolute atomic E-state index is 0. The lowest BCUT2D eigenvalue weighted by molar-refractivity contribution is 0.336. The predicted octanol–water partition coefficient (Wildman–Crippen LogP) is 3.80. The maximum absolute atomic E-state index is 13.7. The molecule has 1 aromatic heterocycles. The molecule has 1 heterocycles. The fourth-order valence-electron chi connectivity index (χ4n) is 2.30. The van der Waals surface area contributed by atoms with Gasteiger partial charge < -0.3 is 15.4 Å². The molecule has 26 heavy (non-hydrogen) atoms. The molecule has 0 bridgehead atoms. The standard InChI is InChI=1S/C19H25FN4O.HI/c1-4-21-19(24-13-17-16(20)7-6-10-22-17)23-12-15-9-8-14(3)11-18(15)25-5-2;/h6-11H,4-5,12-13H2,1-3H3,(H2,21,23,24);1H. The second-order valence-electron chi connectivity index (χ2n) is 5.52. The summed E-state index contributed by atoms with van der Waals surface area (Å²) < 4.78 is 19.4. The number of aromatic nitrogens is 1. The van der Waals surface area contributed by atoms with Crippen LogP contribution in [0, 0.1) is 12.7 Å². The molecule has 2 aromatic rings. The van der Waals surface area contributed by atoms with Crippen molar-refractivity contribution in [1.29, 1.82) is 0 Å². The van der Waals surface area contributed by atoms with Crippen LogP contribution in [0.1, 0.15) is 30.7 Å². The van der Waals surface area contributed by atoms with E-state index >= 15 is 0 Å². The van der Waals surface area contributed by atoms with E-state index in [2.05, 4.69) is 20.6 Å². The van der Waals surface area contributed by atoms with Crippen molar-refractivity contribution in [2.45, 2.75) is 33.9 Å². The summed E-state index contributed by atoms with van der Waals surface area (Å²) in [6.45, 7) is 8.03. The fourth-order valence-corrected chi connectivity index (χ4v) is 2.30. The largest absolute Gasteiger partial charge is 0.494 e. The van der Waals surface area contributed by atoms with Crippen molar-refractivity contribution in [3.8, 4) is 5.75 Å². The molecule has 2 N–H and O–H groups in total. The van der Waals surface area contributed by atoms with Crippen molar-refractivity contribution < 1.29 is 9.13 Å². The Morgan fingerprint density at radius 2 is 2.04 bits per heavy atom. The molecule has 0 unspecified atom stereocenters. The maximum atomic E-state index is 13.7. The minimum atomic E-state index is -0.331. The van der Waals surface area contributed by atoms with Gasteiger partial charge in [-0.1, -0.05) is 12.1 Å². The Balaban J connectivity index is 0.00000338. The number of nitrogens with zero attached hydrogens (tertiary/aromatic N) is 2. The number of hydrogen-bond donors (Lipinski definition) is 2. The molecule has 0 fully saturated rings. The number of aliphatic imine (C=N–C) groups is 1. The Labute approximate surface area is 171 Å². The molecule has 5 nitrogen and oxygen atoms in total. The van der Waals surface area contributed by atoms with Gasteiger partial charge in [-0.05, 0) is 44.5 Å².